The van der Waals surface area contributed by atoms with Crippen molar-refractivity contribution in [2.24, 2.45) is 0 Å². The maximum absolute atomic E-state index is 5.49. The van der Waals surface area contributed by atoms with E-state index in [4.69, 9.17) is 21.1 Å². The summed E-state index contributed by atoms with van der Waals surface area (Å²) in [7, 11) is 1.68. The van der Waals surface area contributed by atoms with Crippen molar-refractivity contribution in [3.05, 3.63) is 24.3 Å². The summed E-state index contributed by atoms with van der Waals surface area (Å²) >= 11 is 7.22. The highest BCUT2D eigenvalue weighted by Crippen LogP contribution is 2.28. The third kappa shape index (κ3) is 4.78. The van der Waals surface area contributed by atoms with Crippen LogP contribution in [0.5, 0.6) is 5.75 Å². The van der Waals surface area contributed by atoms with Crippen LogP contribution in [0.3, 0.4) is 0 Å². The van der Waals surface area contributed by atoms with Crippen molar-refractivity contribution in [3.8, 4) is 5.75 Å². The molecular formula is C11H15ClO2S. The van der Waals surface area contributed by atoms with Crippen LogP contribution in [0.25, 0.3) is 0 Å². The van der Waals surface area contributed by atoms with E-state index in [1.54, 1.807) is 18.9 Å². The van der Waals surface area contributed by atoms with Crippen LogP contribution in [0.4, 0.5) is 0 Å². The van der Waals surface area contributed by atoms with Crippen LogP contribution in [-0.2, 0) is 4.74 Å². The molecule has 0 saturated heterocycles. The van der Waals surface area contributed by atoms with E-state index in [1.807, 2.05) is 24.3 Å². The lowest BCUT2D eigenvalue weighted by molar-refractivity contribution is 0.166. The fourth-order valence-electron chi connectivity index (χ4n) is 1.11. The van der Waals surface area contributed by atoms with E-state index in [0.29, 0.717) is 12.5 Å². The minimum absolute atomic E-state index is 0.555. The summed E-state index contributed by atoms with van der Waals surface area (Å²) in [6.07, 6.45) is 0. The van der Waals surface area contributed by atoms with Crippen molar-refractivity contribution in [2.45, 2.75) is 4.90 Å². The number of para-hydroxylation sites is 1. The van der Waals surface area contributed by atoms with Crippen molar-refractivity contribution in [3.63, 3.8) is 0 Å². The molecule has 0 bridgehead atoms. The number of hydrogen-bond acceptors (Lipinski definition) is 3. The summed E-state index contributed by atoms with van der Waals surface area (Å²) in [6, 6.07) is 7.98. The molecule has 1 aromatic carbocycles. The van der Waals surface area contributed by atoms with E-state index in [9.17, 15) is 0 Å². The number of methoxy groups -OCH3 is 1. The van der Waals surface area contributed by atoms with Gasteiger partial charge in [-0.1, -0.05) is 12.1 Å². The summed E-state index contributed by atoms with van der Waals surface area (Å²) in [6.45, 7) is 1.34. The number of halogens is 1. The molecule has 1 rings (SSSR count). The Morgan fingerprint density at radius 1 is 1.27 bits per heavy atom. The average molecular weight is 247 g/mol. The maximum atomic E-state index is 5.49. The van der Waals surface area contributed by atoms with Gasteiger partial charge >= 0.3 is 0 Å². The van der Waals surface area contributed by atoms with Crippen molar-refractivity contribution >= 4 is 23.4 Å². The van der Waals surface area contributed by atoms with E-state index in [2.05, 4.69) is 0 Å². The van der Waals surface area contributed by atoms with Crippen LogP contribution in [-0.4, -0.2) is 32.0 Å². The number of benzene rings is 1. The standard InChI is InChI=1S/C11H15ClO2S/c1-13-10-4-2-3-5-11(10)15-9-8-14-7-6-12/h2-5H,6-9H2,1H3. The van der Waals surface area contributed by atoms with E-state index in [0.717, 1.165) is 23.0 Å². The third-order valence-electron chi connectivity index (χ3n) is 1.78. The van der Waals surface area contributed by atoms with E-state index in [-0.39, 0.29) is 0 Å². The van der Waals surface area contributed by atoms with Gasteiger partial charge in [-0.3, -0.25) is 0 Å². The molecule has 0 unspecified atom stereocenters. The highest BCUT2D eigenvalue weighted by molar-refractivity contribution is 7.99. The minimum Gasteiger partial charge on any atom is -0.496 e. The van der Waals surface area contributed by atoms with Crippen molar-refractivity contribution in [2.75, 3.05) is 32.0 Å². The first-order valence-corrected chi connectivity index (χ1v) is 6.30. The van der Waals surface area contributed by atoms with Crippen molar-refractivity contribution in [1.82, 2.24) is 0 Å². The van der Waals surface area contributed by atoms with E-state index < -0.39 is 0 Å². The molecule has 0 fully saturated rings. The topological polar surface area (TPSA) is 18.5 Å². The van der Waals surface area contributed by atoms with Gasteiger partial charge in [-0.15, -0.1) is 23.4 Å². The second-order valence-corrected chi connectivity index (χ2v) is 4.32. The normalized spacial score (nSPS) is 10.3. The Bertz CT molecular complexity index is 281. The molecule has 0 atom stereocenters. The molecule has 0 aliphatic heterocycles. The first-order valence-electron chi connectivity index (χ1n) is 4.78. The number of rotatable bonds is 7. The molecule has 4 heteroatoms. The summed E-state index contributed by atoms with van der Waals surface area (Å²) < 4.78 is 10.5. The van der Waals surface area contributed by atoms with Crippen LogP contribution in [0.1, 0.15) is 0 Å². The molecule has 0 aliphatic carbocycles. The molecule has 15 heavy (non-hydrogen) atoms. The smallest absolute Gasteiger partial charge is 0.132 e. The summed E-state index contributed by atoms with van der Waals surface area (Å²) in [5.74, 6) is 2.39. The Balaban J connectivity index is 2.30. The largest absolute Gasteiger partial charge is 0.496 e. The second kappa shape index (κ2) is 7.85. The molecule has 0 aromatic heterocycles. The van der Waals surface area contributed by atoms with E-state index in [1.165, 1.54) is 0 Å². The predicted molar refractivity (Wildman–Crippen MR) is 65.3 cm³/mol. The zero-order valence-corrected chi connectivity index (χ0v) is 10.3. The monoisotopic (exact) mass is 246 g/mol. The highest BCUT2D eigenvalue weighted by atomic mass is 35.5. The van der Waals surface area contributed by atoms with Gasteiger partial charge in [-0.25, -0.2) is 0 Å². The summed E-state index contributed by atoms with van der Waals surface area (Å²) in [5, 5.41) is 0. The zero-order chi connectivity index (χ0) is 10.9. The molecule has 0 spiro atoms. The van der Waals surface area contributed by atoms with Crippen LogP contribution in [0, 0.1) is 0 Å². The molecular weight excluding hydrogens is 232 g/mol. The van der Waals surface area contributed by atoms with E-state index >= 15 is 0 Å². The molecule has 0 N–H and O–H groups in total. The summed E-state index contributed by atoms with van der Waals surface area (Å²) in [5.41, 5.74) is 0. The molecule has 0 aliphatic rings. The average Bonchev–Trinajstić information content (AvgIpc) is 2.29. The fourth-order valence-corrected chi connectivity index (χ4v) is 2.10. The first kappa shape index (κ1) is 12.7. The Labute approximate surface area is 99.9 Å². The molecule has 84 valence electrons. The lowest BCUT2D eigenvalue weighted by atomic mass is 10.3. The number of hydrogen-bond donors (Lipinski definition) is 0. The number of alkyl halides is 1. The zero-order valence-electron chi connectivity index (χ0n) is 8.74. The maximum Gasteiger partial charge on any atom is 0.132 e. The lowest BCUT2D eigenvalue weighted by Crippen LogP contribution is -2.00. The molecule has 2 nitrogen and oxygen atoms in total. The molecule has 0 heterocycles. The fraction of sp³-hybridized carbons (Fsp3) is 0.455. The van der Waals surface area contributed by atoms with Crippen molar-refractivity contribution in [1.29, 1.82) is 0 Å². The Kier molecular flexibility index (Phi) is 6.64. The molecule has 0 saturated carbocycles. The van der Waals surface area contributed by atoms with Gasteiger partial charge in [0.2, 0.25) is 0 Å². The van der Waals surface area contributed by atoms with Crippen LogP contribution in [0.2, 0.25) is 0 Å². The SMILES string of the molecule is COc1ccccc1SCCOCCCl. The second-order valence-electron chi connectivity index (χ2n) is 2.80. The molecule has 0 amide bonds. The Hall–Kier alpha value is -0.380. The van der Waals surface area contributed by atoms with Gasteiger partial charge in [0.15, 0.2) is 0 Å². The predicted octanol–water partition coefficient (Wildman–Crippen LogP) is 3.04. The van der Waals surface area contributed by atoms with Gasteiger partial charge in [0.25, 0.3) is 0 Å². The number of thioether (sulfide) groups is 1. The minimum atomic E-state index is 0.555. The van der Waals surface area contributed by atoms with Gasteiger partial charge in [0, 0.05) is 16.5 Å². The van der Waals surface area contributed by atoms with Gasteiger partial charge in [0.05, 0.1) is 20.3 Å². The Morgan fingerprint density at radius 2 is 2.07 bits per heavy atom. The third-order valence-corrected chi connectivity index (χ3v) is 2.95. The van der Waals surface area contributed by atoms with Crippen LogP contribution >= 0.6 is 23.4 Å². The lowest BCUT2D eigenvalue weighted by Gasteiger charge is -2.07. The van der Waals surface area contributed by atoms with Gasteiger partial charge < -0.3 is 9.47 Å². The van der Waals surface area contributed by atoms with Gasteiger partial charge in [-0.05, 0) is 12.1 Å². The Morgan fingerprint density at radius 3 is 2.80 bits per heavy atom. The molecule has 0 radical (unpaired) electrons. The van der Waals surface area contributed by atoms with Crippen LogP contribution in [0.15, 0.2) is 29.2 Å². The van der Waals surface area contributed by atoms with Crippen molar-refractivity contribution < 1.29 is 9.47 Å². The molecule has 1 aromatic rings. The van der Waals surface area contributed by atoms with Crippen LogP contribution < -0.4 is 4.74 Å². The van der Waals surface area contributed by atoms with Gasteiger partial charge in [-0.2, -0.15) is 0 Å². The first-order chi connectivity index (χ1) is 7.38. The summed E-state index contributed by atoms with van der Waals surface area (Å²) in [4.78, 5) is 1.15. The highest BCUT2D eigenvalue weighted by Gasteiger charge is 2.01. The van der Waals surface area contributed by atoms with Gasteiger partial charge in [0.1, 0.15) is 5.75 Å². The quantitative estimate of drug-likeness (QED) is 0.419. The number of ether oxygens (including phenoxy) is 2.